The summed E-state index contributed by atoms with van der Waals surface area (Å²) in [6.45, 7) is 3.94. The molecule has 1 amide bonds. The van der Waals surface area contributed by atoms with Gasteiger partial charge in [0.1, 0.15) is 5.01 Å². The quantitative estimate of drug-likeness (QED) is 0.763. The highest BCUT2D eigenvalue weighted by molar-refractivity contribution is 7.15. The zero-order chi connectivity index (χ0) is 16.2. The lowest BCUT2D eigenvalue weighted by Gasteiger charge is -2.00. The maximum absolute atomic E-state index is 12.0. The number of hydrogen-bond acceptors (Lipinski definition) is 6. The normalized spacial score (nSPS) is 10.7. The highest BCUT2D eigenvalue weighted by Gasteiger charge is 2.10. The molecule has 0 aliphatic carbocycles. The van der Waals surface area contributed by atoms with Gasteiger partial charge in [0.05, 0.1) is 11.4 Å². The van der Waals surface area contributed by atoms with Crippen LogP contribution >= 0.6 is 22.7 Å². The predicted molar refractivity (Wildman–Crippen MR) is 93.9 cm³/mol. The smallest absolute Gasteiger partial charge is 0.226 e. The summed E-state index contributed by atoms with van der Waals surface area (Å²) in [7, 11) is 0. The molecule has 3 aromatic rings. The Bertz CT molecular complexity index is 791. The molecule has 3 heterocycles. The first-order valence-electron chi connectivity index (χ1n) is 7.20. The lowest BCUT2D eigenvalue weighted by molar-refractivity contribution is -0.116. The van der Waals surface area contributed by atoms with E-state index in [1.165, 1.54) is 11.3 Å². The lowest BCUT2D eigenvalue weighted by atomic mass is 10.2. The van der Waals surface area contributed by atoms with E-state index >= 15 is 0 Å². The van der Waals surface area contributed by atoms with Crippen LogP contribution in [0.25, 0.3) is 10.6 Å². The van der Waals surface area contributed by atoms with Gasteiger partial charge in [0.25, 0.3) is 0 Å². The molecule has 1 N–H and O–H groups in total. The second-order valence-electron chi connectivity index (χ2n) is 5.09. The number of aromatic nitrogens is 3. The van der Waals surface area contributed by atoms with Crippen LogP contribution in [0.5, 0.6) is 0 Å². The van der Waals surface area contributed by atoms with Crippen molar-refractivity contribution in [3.05, 3.63) is 46.2 Å². The summed E-state index contributed by atoms with van der Waals surface area (Å²) in [5.41, 5.74) is 2.89. The molecule has 3 rings (SSSR count). The SMILES string of the molecule is Cc1nc(NC(=O)CCc2csc(-c3cccnc3)n2)sc1C. The number of nitrogens with one attached hydrogen (secondary N) is 1. The molecule has 5 nitrogen and oxygen atoms in total. The van der Waals surface area contributed by atoms with E-state index in [-0.39, 0.29) is 5.91 Å². The predicted octanol–water partition coefficient (Wildman–Crippen LogP) is 3.85. The third-order valence-electron chi connectivity index (χ3n) is 3.34. The van der Waals surface area contributed by atoms with Gasteiger partial charge < -0.3 is 5.32 Å². The van der Waals surface area contributed by atoms with Crippen molar-refractivity contribution in [3.8, 4) is 10.6 Å². The average molecular weight is 344 g/mol. The van der Waals surface area contributed by atoms with Gasteiger partial charge in [-0.05, 0) is 32.4 Å². The Balaban J connectivity index is 1.56. The molecular weight excluding hydrogens is 328 g/mol. The molecule has 0 aliphatic rings. The number of aryl methyl sites for hydroxylation is 3. The zero-order valence-corrected chi connectivity index (χ0v) is 14.5. The van der Waals surface area contributed by atoms with Crippen molar-refractivity contribution in [2.75, 3.05) is 5.32 Å². The van der Waals surface area contributed by atoms with Gasteiger partial charge in [-0.15, -0.1) is 22.7 Å². The molecule has 0 unspecified atom stereocenters. The van der Waals surface area contributed by atoms with Crippen LogP contribution in [-0.4, -0.2) is 20.9 Å². The summed E-state index contributed by atoms with van der Waals surface area (Å²) in [6, 6.07) is 3.87. The maximum Gasteiger partial charge on any atom is 0.226 e. The van der Waals surface area contributed by atoms with Crippen molar-refractivity contribution in [1.29, 1.82) is 0 Å². The molecule has 0 saturated heterocycles. The molecular formula is C16H16N4OS2. The number of anilines is 1. The van der Waals surface area contributed by atoms with E-state index in [0.29, 0.717) is 18.0 Å². The van der Waals surface area contributed by atoms with Gasteiger partial charge in [0.2, 0.25) is 5.91 Å². The minimum absolute atomic E-state index is 0.0327. The Hall–Kier alpha value is -2.12. The molecule has 0 spiro atoms. The van der Waals surface area contributed by atoms with E-state index in [0.717, 1.165) is 26.8 Å². The second kappa shape index (κ2) is 6.97. The van der Waals surface area contributed by atoms with Gasteiger partial charge in [0.15, 0.2) is 5.13 Å². The van der Waals surface area contributed by atoms with Crippen molar-refractivity contribution in [3.63, 3.8) is 0 Å². The van der Waals surface area contributed by atoms with E-state index in [1.807, 2.05) is 31.4 Å². The topological polar surface area (TPSA) is 67.8 Å². The fraction of sp³-hybridized carbons (Fsp3) is 0.250. The Labute approximate surface area is 142 Å². The average Bonchev–Trinajstić information content (AvgIpc) is 3.13. The van der Waals surface area contributed by atoms with Gasteiger partial charge in [-0.2, -0.15) is 0 Å². The van der Waals surface area contributed by atoms with Crippen molar-refractivity contribution in [2.24, 2.45) is 0 Å². The number of carbonyl (C=O) groups excluding carboxylic acids is 1. The highest BCUT2D eigenvalue weighted by atomic mass is 32.1. The van der Waals surface area contributed by atoms with E-state index < -0.39 is 0 Å². The van der Waals surface area contributed by atoms with E-state index in [2.05, 4.69) is 20.3 Å². The number of amides is 1. The lowest BCUT2D eigenvalue weighted by Crippen LogP contribution is -2.12. The molecule has 7 heteroatoms. The summed E-state index contributed by atoms with van der Waals surface area (Å²) in [5.74, 6) is -0.0327. The van der Waals surface area contributed by atoms with Gasteiger partial charge in [0, 0.05) is 34.6 Å². The molecule has 23 heavy (non-hydrogen) atoms. The molecule has 0 fully saturated rings. The Morgan fingerprint density at radius 1 is 1.30 bits per heavy atom. The number of carbonyl (C=O) groups is 1. The summed E-state index contributed by atoms with van der Waals surface area (Å²) in [4.78, 5) is 26.1. The summed E-state index contributed by atoms with van der Waals surface area (Å²) >= 11 is 3.07. The van der Waals surface area contributed by atoms with Gasteiger partial charge >= 0.3 is 0 Å². The van der Waals surface area contributed by atoms with Crippen LogP contribution in [0.1, 0.15) is 22.7 Å². The van der Waals surface area contributed by atoms with Crippen LogP contribution in [-0.2, 0) is 11.2 Å². The monoisotopic (exact) mass is 344 g/mol. The number of pyridine rings is 1. The number of nitrogens with zero attached hydrogens (tertiary/aromatic N) is 3. The minimum atomic E-state index is -0.0327. The molecule has 118 valence electrons. The number of hydrogen-bond donors (Lipinski definition) is 1. The molecule has 3 aromatic heterocycles. The van der Waals surface area contributed by atoms with Gasteiger partial charge in [-0.25, -0.2) is 9.97 Å². The zero-order valence-electron chi connectivity index (χ0n) is 12.9. The molecule has 0 atom stereocenters. The Kier molecular flexibility index (Phi) is 4.78. The molecule has 0 bridgehead atoms. The first-order valence-corrected chi connectivity index (χ1v) is 8.90. The Morgan fingerprint density at radius 3 is 2.87 bits per heavy atom. The molecule has 0 aliphatic heterocycles. The van der Waals surface area contributed by atoms with Crippen LogP contribution in [0.3, 0.4) is 0 Å². The van der Waals surface area contributed by atoms with Crippen LogP contribution in [0, 0.1) is 13.8 Å². The summed E-state index contributed by atoms with van der Waals surface area (Å²) < 4.78 is 0. The van der Waals surface area contributed by atoms with Gasteiger partial charge in [-0.1, -0.05) is 0 Å². The van der Waals surface area contributed by atoms with Crippen LogP contribution in [0.15, 0.2) is 29.9 Å². The first-order chi connectivity index (χ1) is 11.1. The van der Waals surface area contributed by atoms with Crippen molar-refractivity contribution in [1.82, 2.24) is 15.0 Å². The van der Waals surface area contributed by atoms with E-state index in [4.69, 9.17) is 0 Å². The van der Waals surface area contributed by atoms with Gasteiger partial charge in [-0.3, -0.25) is 9.78 Å². The summed E-state index contributed by atoms with van der Waals surface area (Å²) in [5, 5.41) is 6.44. The first kappa shape index (κ1) is 15.8. The van der Waals surface area contributed by atoms with E-state index in [1.54, 1.807) is 23.7 Å². The molecule has 0 saturated carbocycles. The summed E-state index contributed by atoms with van der Waals surface area (Å²) in [6.07, 6.45) is 4.55. The van der Waals surface area contributed by atoms with Crippen molar-refractivity contribution in [2.45, 2.75) is 26.7 Å². The number of rotatable bonds is 5. The van der Waals surface area contributed by atoms with Crippen LogP contribution < -0.4 is 5.32 Å². The highest BCUT2D eigenvalue weighted by Crippen LogP contribution is 2.24. The van der Waals surface area contributed by atoms with Crippen LogP contribution in [0.2, 0.25) is 0 Å². The van der Waals surface area contributed by atoms with E-state index in [9.17, 15) is 4.79 Å². The second-order valence-corrected chi connectivity index (χ2v) is 7.16. The fourth-order valence-corrected chi connectivity index (χ4v) is 3.67. The van der Waals surface area contributed by atoms with Crippen molar-refractivity contribution >= 4 is 33.7 Å². The molecule has 0 aromatic carbocycles. The Morgan fingerprint density at radius 2 is 2.17 bits per heavy atom. The number of thiazole rings is 2. The third kappa shape index (κ3) is 4.00. The third-order valence-corrected chi connectivity index (χ3v) is 5.27. The molecule has 0 radical (unpaired) electrons. The van der Waals surface area contributed by atoms with Crippen molar-refractivity contribution < 1.29 is 4.79 Å². The standard InChI is InChI=1S/C16H16N4OS2/c1-10-11(2)23-16(18-10)20-14(21)6-5-13-9-22-15(19-13)12-4-3-7-17-8-12/h3-4,7-9H,5-6H2,1-2H3,(H,18,20,21). The maximum atomic E-state index is 12.0. The minimum Gasteiger partial charge on any atom is -0.302 e. The fourth-order valence-electron chi connectivity index (χ4n) is 1.99. The largest absolute Gasteiger partial charge is 0.302 e. The van der Waals surface area contributed by atoms with Crippen LogP contribution in [0.4, 0.5) is 5.13 Å².